The largest absolute Gasteiger partial charge is 0.495 e. The van der Waals surface area contributed by atoms with E-state index in [4.69, 9.17) is 15.2 Å². The van der Waals surface area contributed by atoms with Crippen LogP contribution in [-0.2, 0) is 15.5 Å². The zero-order valence-corrected chi connectivity index (χ0v) is 10.7. The third-order valence-corrected chi connectivity index (χ3v) is 4.45. The summed E-state index contributed by atoms with van der Waals surface area (Å²) in [5.41, 5.74) is 6.29. The lowest BCUT2D eigenvalue weighted by Gasteiger charge is -2.11. The number of nitrogen functional groups attached to an aromatic ring is 1. The molecule has 0 bridgehead atoms. The topological polar surface area (TPSA) is 61.5 Å². The fourth-order valence-electron chi connectivity index (χ4n) is 1.89. The number of benzene rings is 1. The molecule has 0 amide bonds. The molecule has 1 aromatic rings. The average Bonchev–Trinajstić information content (AvgIpc) is 2.81. The second-order valence-electron chi connectivity index (χ2n) is 4.15. The summed E-state index contributed by atoms with van der Waals surface area (Å²) in [6, 6.07) is 5.24. The summed E-state index contributed by atoms with van der Waals surface area (Å²) in [6.45, 7) is 1.49. The van der Waals surface area contributed by atoms with E-state index < -0.39 is 10.8 Å². The number of anilines is 1. The van der Waals surface area contributed by atoms with Gasteiger partial charge in [0, 0.05) is 24.1 Å². The molecule has 17 heavy (non-hydrogen) atoms. The highest BCUT2D eigenvalue weighted by molar-refractivity contribution is 7.85. The maximum Gasteiger partial charge on any atom is 0.137 e. The van der Waals surface area contributed by atoms with Crippen LogP contribution in [0.4, 0.5) is 5.69 Å². The van der Waals surface area contributed by atoms with E-state index >= 15 is 0 Å². The Labute approximate surface area is 104 Å². The van der Waals surface area contributed by atoms with Gasteiger partial charge >= 0.3 is 0 Å². The lowest BCUT2D eigenvalue weighted by Crippen LogP contribution is -2.12. The van der Waals surface area contributed by atoms with Crippen molar-refractivity contribution in [3.8, 4) is 5.75 Å². The third kappa shape index (κ3) is 2.98. The molecule has 1 aromatic carbocycles. The van der Waals surface area contributed by atoms with Gasteiger partial charge in [0.25, 0.3) is 0 Å². The molecule has 0 aromatic heterocycles. The van der Waals surface area contributed by atoms with Crippen molar-refractivity contribution in [2.75, 3.05) is 31.8 Å². The van der Waals surface area contributed by atoms with Crippen LogP contribution in [0.3, 0.4) is 0 Å². The monoisotopic (exact) mass is 255 g/mol. The van der Waals surface area contributed by atoms with E-state index in [0.717, 1.165) is 13.0 Å². The fraction of sp³-hybridized carbons (Fsp3) is 0.500. The van der Waals surface area contributed by atoms with E-state index in [1.807, 2.05) is 0 Å². The van der Waals surface area contributed by atoms with Gasteiger partial charge < -0.3 is 15.2 Å². The molecule has 4 nitrogen and oxygen atoms in total. The Morgan fingerprint density at radius 3 is 3.06 bits per heavy atom. The molecule has 2 rings (SSSR count). The average molecular weight is 255 g/mol. The first-order chi connectivity index (χ1) is 8.20. The second kappa shape index (κ2) is 5.51. The summed E-state index contributed by atoms with van der Waals surface area (Å²) in [4.78, 5) is 0.716. The van der Waals surface area contributed by atoms with Crippen LogP contribution in [0.15, 0.2) is 23.1 Å². The first-order valence-corrected chi connectivity index (χ1v) is 6.92. The Hall–Kier alpha value is -1.07. The van der Waals surface area contributed by atoms with E-state index in [1.165, 1.54) is 0 Å². The van der Waals surface area contributed by atoms with Crippen molar-refractivity contribution < 1.29 is 13.7 Å². The summed E-state index contributed by atoms with van der Waals surface area (Å²) in [7, 11) is 0.510. The lowest BCUT2D eigenvalue weighted by molar-refractivity contribution is 0.189. The Morgan fingerprint density at radius 1 is 1.59 bits per heavy atom. The van der Waals surface area contributed by atoms with Crippen molar-refractivity contribution in [1.82, 2.24) is 0 Å². The van der Waals surface area contributed by atoms with Gasteiger partial charge in [-0.2, -0.15) is 0 Å². The van der Waals surface area contributed by atoms with Gasteiger partial charge in [0.05, 0.1) is 29.4 Å². The molecule has 2 N–H and O–H groups in total. The fourth-order valence-corrected chi connectivity index (χ4v) is 3.35. The van der Waals surface area contributed by atoms with Gasteiger partial charge in [-0.15, -0.1) is 0 Å². The molecule has 1 saturated heterocycles. The minimum atomic E-state index is -1.05. The molecule has 0 spiro atoms. The molecule has 1 aliphatic heterocycles. The zero-order valence-electron chi connectivity index (χ0n) is 9.85. The van der Waals surface area contributed by atoms with Gasteiger partial charge in [0.2, 0.25) is 0 Å². The standard InChI is InChI=1S/C12H17NO3S/c1-15-11-6-10(13)2-3-12(11)17(14)8-9-4-5-16-7-9/h2-3,6,9H,4-5,7-8,13H2,1H3. The Bertz CT molecular complexity index is 416. The maximum atomic E-state index is 12.2. The number of nitrogens with two attached hydrogens (primary N) is 1. The van der Waals surface area contributed by atoms with Gasteiger partial charge in [-0.05, 0) is 24.5 Å². The van der Waals surface area contributed by atoms with Crippen molar-refractivity contribution in [1.29, 1.82) is 0 Å². The first kappa shape index (κ1) is 12.4. The zero-order chi connectivity index (χ0) is 12.3. The molecular weight excluding hydrogens is 238 g/mol. The van der Waals surface area contributed by atoms with Crippen LogP contribution < -0.4 is 10.5 Å². The Morgan fingerprint density at radius 2 is 2.41 bits per heavy atom. The highest BCUT2D eigenvalue weighted by Gasteiger charge is 2.20. The molecule has 1 aliphatic rings. The minimum absolute atomic E-state index is 0.387. The van der Waals surface area contributed by atoms with Crippen LogP contribution in [0.2, 0.25) is 0 Å². The molecule has 2 atom stereocenters. The van der Waals surface area contributed by atoms with E-state index in [0.29, 0.717) is 34.6 Å². The summed E-state index contributed by atoms with van der Waals surface area (Å²) in [5, 5.41) is 0. The number of rotatable bonds is 4. The van der Waals surface area contributed by atoms with E-state index in [9.17, 15) is 4.21 Å². The SMILES string of the molecule is COc1cc(N)ccc1S(=O)CC1CCOC1. The lowest BCUT2D eigenvalue weighted by atomic mass is 10.2. The van der Waals surface area contributed by atoms with Crippen LogP contribution in [0.5, 0.6) is 5.75 Å². The van der Waals surface area contributed by atoms with E-state index in [-0.39, 0.29) is 0 Å². The van der Waals surface area contributed by atoms with E-state index in [1.54, 1.807) is 25.3 Å². The summed E-state index contributed by atoms with van der Waals surface area (Å²) >= 11 is 0. The number of methoxy groups -OCH3 is 1. The molecule has 0 radical (unpaired) electrons. The molecule has 1 heterocycles. The predicted octanol–water partition coefficient (Wildman–Crippen LogP) is 1.42. The van der Waals surface area contributed by atoms with Gasteiger partial charge in [-0.25, -0.2) is 0 Å². The molecule has 94 valence electrons. The molecular formula is C12H17NO3S. The van der Waals surface area contributed by atoms with Gasteiger partial charge in [0.15, 0.2) is 0 Å². The molecule has 0 aliphatic carbocycles. The van der Waals surface area contributed by atoms with Gasteiger partial charge in [-0.3, -0.25) is 4.21 Å². The second-order valence-corrected chi connectivity index (χ2v) is 5.62. The van der Waals surface area contributed by atoms with Crippen LogP contribution in [0.1, 0.15) is 6.42 Å². The van der Waals surface area contributed by atoms with Crippen molar-refractivity contribution in [3.63, 3.8) is 0 Å². The third-order valence-electron chi connectivity index (χ3n) is 2.84. The van der Waals surface area contributed by atoms with Crippen LogP contribution in [-0.4, -0.2) is 30.3 Å². The quantitative estimate of drug-likeness (QED) is 0.827. The summed E-state index contributed by atoms with van der Waals surface area (Å²) in [6.07, 6.45) is 0.989. The van der Waals surface area contributed by atoms with Crippen LogP contribution >= 0.6 is 0 Å². The smallest absolute Gasteiger partial charge is 0.137 e. The van der Waals surface area contributed by atoms with Crippen molar-refractivity contribution in [2.45, 2.75) is 11.3 Å². The Kier molecular flexibility index (Phi) is 4.02. The highest BCUT2D eigenvalue weighted by Crippen LogP contribution is 2.26. The minimum Gasteiger partial charge on any atom is -0.495 e. The summed E-state index contributed by atoms with van der Waals surface area (Å²) < 4.78 is 22.7. The Balaban J connectivity index is 2.12. The van der Waals surface area contributed by atoms with Crippen molar-refractivity contribution in [3.05, 3.63) is 18.2 Å². The van der Waals surface area contributed by atoms with E-state index in [2.05, 4.69) is 0 Å². The maximum absolute atomic E-state index is 12.2. The van der Waals surface area contributed by atoms with Crippen molar-refractivity contribution in [2.24, 2.45) is 5.92 Å². The van der Waals surface area contributed by atoms with Gasteiger partial charge in [-0.1, -0.05) is 0 Å². The number of hydrogen-bond acceptors (Lipinski definition) is 4. The molecule has 5 heteroatoms. The van der Waals surface area contributed by atoms with Crippen molar-refractivity contribution >= 4 is 16.5 Å². The van der Waals surface area contributed by atoms with Gasteiger partial charge in [0.1, 0.15) is 5.75 Å². The highest BCUT2D eigenvalue weighted by atomic mass is 32.2. The normalized spacial score (nSPS) is 21.4. The summed E-state index contributed by atoms with van der Waals surface area (Å²) in [5.74, 6) is 1.61. The molecule has 2 unspecified atom stereocenters. The number of ether oxygens (including phenoxy) is 2. The van der Waals surface area contributed by atoms with Crippen LogP contribution in [0.25, 0.3) is 0 Å². The van der Waals surface area contributed by atoms with Crippen LogP contribution in [0, 0.1) is 5.92 Å². The number of hydrogen-bond donors (Lipinski definition) is 1. The predicted molar refractivity (Wildman–Crippen MR) is 67.6 cm³/mol. The molecule has 1 fully saturated rings. The first-order valence-electron chi connectivity index (χ1n) is 5.60. The molecule has 0 saturated carbocycles.